The summed E-state index contributed by atoms with van der Waals surface area (Å²) in [5.74, 6) is 1.05. The van der Waals surface area contributed by atoms with Crippen LogP contribution < -0.4 is 10.8 Å². The van der Waals surface area contributed by atoms with Crippen molar-refractivity contribution in [1.82, 2.24) is 20.3 Å². The molecule has 2 fully saturated rings. The predicted octanol–water partition coefficient (Wildman–Crippen LogP) is 3.30. The molecular weight excluding hydrogens is 401 g/mol. The molecule has 1 aliphatic carbocycles. The molecule has 2 aliphatic rings. The number of likely N-dealkylation sites (tertiary alicyclic amines) is 1. The maximum Gasteiger partial charge on any atom is 0.267 e. The monoisotopic (exact) mass is 431 g/mol. The van der Waals surface area contributed by atoms with Gasteiger partial charge in [-0.05, 0) is 44.2 Å². The summed E-state index contributed by atoms with van der Waals surface area (Å²) < 4.78 is 0. The van der Waals surface area contributed by atoms with Gasteiger partial charge in [0.05, 0.1) is 18.1 Å². The van der Waals surface area contributed by atoms with Gasteiger partial charge in [-0.3, -0.25) is 15.0 Å². The molecule has 0 unspecified atom stereocenters. The SMILES string of the molecule is Cl.Cl.O=C(/C=C/c1cnc(N[C@@H]2CCCN(CC3CCCCC3)C2)cn1)NO. The van der Waals surface area contributed by atoms with E-state index in [1.54, 1.807) is 17.9 Å². The Morgan fingerprint density at radius 3 is 2.61 bits per heavy atom. The molecule has 1 saturated heterocycles. The summed E-state index contributed by atoms with van der Waals surface area (Å²) in [5, 5.41) is 12.0. The lowest BCUT2D eigenvalue weighted by Gasteiger charge is -2.36. The molecule has 0 spiro atoms. The van der Waals surface area contributed by atoms with E-state index < -0.39 is 5.91 Å². The summed E-state index contributed by atoms with van der Waals surface area (Å²) in [6, 6.07) is 0.406. The third-order valence-electron chi connectivity index (χ3n) is 5.29. The van der Waals surface area contributed by atoms with Crippen LogP contribution in [0.25, 0.3) is 6.08 Å². The minimum Gasteiger partial charge on any atom is -0.365 e. The summed E-state index contributed by atoms with van der Waals surface area (Å²) in [5.41, 5.74) is 2.11. The molecule has 1 amide bonds. The Labute approximate surface area is 179 Å². The van der Waals surface area contributed by atoms with Crippen molar-refractivity contribution in [3.63, 3.8) is 0 Å². The zero-order valence-electron chi connectivity index (χ0n) is 16.0. The lowest BCUT2D eigenvalue weighted by Crippen LogP contribution is -2.44. The summed E-state index contributed by atoms with van der Waals surface area (Å²) in [6.45, 7) is 3.51. The van der Waals surface area contributed by atoms with Gasteiger partial charge in [0, 0.05) is 25.2 Å². The number of halogens is 2. The molecule has 1 aliphatic heterocycles. The van der Waals surface area contributed by atoms with Crippen molar-refractivity contribution in [2.75, 3.05) is 25.0 Å². The van der Waals surface area contributed by atoms with E-state index in [9.17, 15) is 4.79 Å². The highest BCUT2D eigenvalue weighted by Gasteiger charge is 2.23. The van der Waals surface area contributed by atoms with E-state index in [0.29, 0.717) is 11.7 Å². The lowest BCUT2D eigenvalue weighted by molar-refractivity contribution is -0.124. The van der Waals surface area contributed by atoms with Crippen LogP contribution in [0, 0.1) is 5.92 Å². The van der Waals surface area contributed by atoms with Crippen molar-refractivity contribution in [2.45, 2.75) is 51.0 Å². The molecule has 0 bridgehead atoms. The second-order valence-electron chi connectivity index (χ2n) is 7.38. The first-order valence-corrected chi connectivity index (χ1v) is 9.66. The molecule has 3 N–H and O–H groups in total. The zero-order chi connectivity index (χ0) is 18.2. The lowest BCUT2D eigenvalue weighted by atomic mass is 9.88. The Hall–Kier alpha value is -1.41. The fourth-order valence-electron chi connectivity index (χ4n) is 3.98. The molecule has 1 saturated carbocycles. The van der Waals surface area contributed by atoms with Gasteiger partial charge in [0.2, 0.25) is 0 Å². The summed E-state index contributed by atoms with van der Waals surface area (Å²) in [4.78, 5) is 22.2. The van der Waals surface area contributed by atoms with E-state index in [1.807, 2.05) is 0 Å². The number of hydroxylamine groups is 1. The minimum absolute atomic E-state index is 0. The van der Waals surface area contributed by atoms with Crippen LogP contribution in [-0.4, -0.2) is 51.7 Å². The number of aromatic nitrogens is 2. The Kier molecular flexibility index (Phi) is 11.4. The van der Waals surface area contributed by atoms with Crippen molar-refractivity contribution in [3.05, 3.63) is 24.2 Å². The number of piperidine rings is 1. The topological polar surface area (TPSA) is 90.4 Å². The number of nitrogens with zero attached hydrogens (tertiary/aromatic N) is 3. The fraction of sp³-hybridized carbons (Fsp3) is 0.632. The molecule has 9 heteroatoms. The van der Waals surface area contributed by atoms with Crippen LogP contribution in [0.3, 0.4) is 0 Å². The number of carbonyl (C=O) groups excluding carboxylic acids is 1. The highest BCUT2D eigenvalue weighted by molar-refractivity contribution is 5.90. The van der Waals surface area contributed by atoms with E-state index in [4.69, 9.17) is 5.21 Å². The Balaban J connectivity index is 0.00000196. The van der Waals surface area contributed by atoms with Gasteiger partial charge >= 0.3 is 0 Å². The maximum atomic E-state index is 11.0. The van der Waals surface area contributed by atoms with Crippen LogP contribution in [0.15, 0.2) is 18.5 Å². The molecule has 3 rings (SSSR count). The normalized spacial score (nSPS) is 20.8. The number of hydrogen-bond donors (Lipinski definition) is 3. The second kappa shape index (κ2) is 12.9. The first-order chi connectivity index (χ1) is 12.7. The largest absolute Gasteiger partial charge is 0.365 e. The number of nitrogens with one attached hydrogen (secondary N) is 2. The smallest absolute Gasteiger partial charge is 0.267 e. The van der Waals surface area contributed by atoms with Crippen molar-refractivity contribution in [3.8, 4) is 0 Å². The van der Waals surface area contributed by atoms with Crippen LogP contribution in [0.5, 0.6) is 0 Å². The average Bonchev–Trinajstić information content (AvgIpc) is 2.68. The number of anilines is 1. The highest BCUT2D eigenvalue weighted by Crippen LogP contribution is 2.25. The van der Waals surface area contributed by atoms with Gasteiger partial charge < -0.3 is 10.2 Å². The average molecular weight is 432 g/mol. The highest BCUT2D eigenvalue weighted by atomic mass is 35.5. The van der Waals surface area contributed by atoms with Gasteiger partial charge in [-0.25, -0.2) is 10.5 Å². The number of hydrogen-bond acceptors (Lipinski definition) is 6. The third-order valence-corrected chi connectivity index (χ3v) is 5.29. The molecule has 2 heterocycles. The van der Waals surface area contributed by atoms with Crippen LogP contribution in [-0.2, 0) is 4.79 Å². The van der Waals surface area contributed by atoms with Gasteiger partial charge in [-0.15, -0.1) is 24.8 Å². The molecule has 1 aromatic rings. The Morgan fingerprint density at radius 2 is 1.93 bits per heavy atom. The summed E-state index contributed by atoms with van der Waals surface area (Å²) in [6.07, 6.45) is 15.4. The van der Waals surface area contributed by atoms with E-state index in [-0.39, 0.29) is 24.8 Å². The number of amides is 1. The molecular formula is C19H31Cl2N5O2. The molecule has 0 aromatic carbocycles. The van der Waals surface area contributed by atoms with Gasteiger partial charge in [0.25, 0.3) is 5.91 Å². The summed E-state index contributed by atoms with van der Waals surface area (Å²) in [7, 11) is 0. The third kappa shape index (κ3) is 7.91. The second-order valence-corrected chi connectivity index (χ2v) is 7.38. The minimum atomic E-state index is -0.589. The van der Waals surface area contributed by atoms with E-state index in [2.05, 4.69) is 20.2 Å². The number of carbonyl (C=O) groups is 1. The molecule has 7 nitrogen and oxygen atoms in total. The molecule has 1 aromatic heterocycles. The van der Waals surface area contributed by atoms with Crippen molar-refractivity contribution < 1.29 is 10.0 Å². The van der Waals surface area contributed by atoms with Crippen LogP contribution >= 0.6 is 24.8 Å². The van der Waals surface area contributed by atoms with Crippen LogP contribution in [0.4, 0.5) is 5.82 Å². The van der Waals surface area contributed by atoms with Crippen LogP contribution in [0.1, 0.15) is 50.6 Å². The molecule has 158 valence electrons. The van der Waals surface area contributed by atoms with Crippen molar-refractivity contribution in [1.29, 1.82) is 0 Å². The first kappa shape index (κ1) is 24.6. The first-order valence-electron chi connectivity index (χ1n) is 9.66. The molecule has 0 radical (unpaired) electrons. The Bertz CT molecular complexity index is 609. The predicted molar refractivity (Wildman–Crippen MR) is 115 cm³/mol. The fourth-order valence-corrected chi connectivity index (χ4v) is 3.98. The zero-order valence-corrected chi connectivity index (χ0v) is 17.7. The number of rotatable bonds is 6. The quantitative estimate of drug-likeness (QED) is 0.363. The van der Waals surface area contributed by atoms with Crippen molar-refractivity contribution >= 4 is 42.6 Å². The Morgan fingerprint density at radius 1 is 1.14 bits per heavy atom. The van der Waals surface area contributed by atoms with E-state index >= 15 is 0 Å². The van der Waals surface area contributed by atoms with Gasteiger partial charge in [-0.2, -0.15) is 0 Å². The summed E-state index contributed by atoms with van der Waals surface area (Å²) >= 11 is 0. The molecule has 1 atom stereocenters. The van der Waals surface area contributed by atoms with Crippen LogP contribution in [0.2, 0.25) is 0 Å². The van der Waals surface area contributed by atoms with Gasteiger partial charge in [0.15, 0.2) is 0 Å². The van der Waals surface area contributed by atoms with Gasteiger partial charge in [0.1, 0.15) is 5.82 Å². The molecule has 28 heavy (non-hydrogen) atoms. The standard InChI is InChI=1S/C19H29N5O2.2ClH/c25-19(23-26)9-8-16-11-21-18(12-20-16)22-17-7-4-10-24(14-17)13-15-5-2-1-3-6-15;;/h8-9,11-12,15,17,26H,1-7,10,13-14H2,(H,21,22)(H,23,25);2*1H/b9-8+;;/t17-;;/m1../s1. The van der Waals surface area contributed by atoms with Gasteiger partial charge in [-0.1, -0.05) is 19.3 Å². The maximum absolute atomic E-state index is 11.0. The van der Waals surface area contributed by atoms with Crippen molar-refractivity contribution in [2.24, 2.45) is 5.92 Å². The van der Waals surface area contributed by atoms with E-state index in [0.717, 1.165) is 24.7 Å². The van der Waals surface area contributed by atoms with E-state index in [1.165, 1.54) is 63.8 Å².